The summed E-state index contributed by atoms with van der Waals surface area (Å²) in [7, 11) is -4.85. The molecule has 3 atom stereocenters. The molecule has 2 aliphatic rings. The van der Waals surface area contributed by atoms with E-state index in [1.54, 1.807) is 6.92 Å². The largest absolute Gasteiger partial charge is 0.418 e. The Kier molecular flexibility index (Phi) is 7.94. The highest BCUT2D eigenvalue weighted by atomic mass is 32.3. The molecule has 2 saturated heterocycles. The van der Waals surface area contributed by atoms with Crippen molar-refractivity contribution >= 4 is 28.7 Å². The van der Waals surface area contributed by atoms with Crippen molar-refractivity contribution in [1.29, 1.82) is 0 Å². The molecule has 15 nitrogen and oxygen atoms in total. The van der Waals surface area contributed by atoms with Crippen molar-refractivity contribution in [3.8, 4) is 0 Å². The first-order chi connectivity index (χ1) is 13.7. The first-order valence-corrected chi connectivity index (χ1v) is 10.2. The van der Waals surface area contributed by atoms with E-state index < -0.39 is 28.4 Å². The van der Waals surface area contributed by atoms with Crippen molar-refractivity contribution in [1.82, 2.24) is 25.8 Å². The van der Waals surface area contributed by atoms with Gasteiger partial charge in [-0.15, -0.1) is 4.28 Å². The fourth-order valence-corrected chi connectivity index (χ4v) is 3.55. The number of amides is 3. The van der Waals surface area contributed by atoms with E-state index in [1.165, 1.54) is 11.3 Å². The molecule has 0 aromatic rings. The summed E-state index contributed by atoms with van der Waals surface area (Å²) in [6.45, 7) is 2.29. The third-order valence-corrected chi connectivity index (χ3v) is 4.91. The molecule has 2 aliphatic heterocycles. The Morgan fingerprint density at radius 1 is 1.55 bits per heavy atom. The monoisotopic (exact) mass is 438 g/mol. The van der Waals surface area contributed by atoms with Crippen molar-refractivity contribution < 1.29 is 31.7 Å². The fourth-order valence-electron chi connectivity index (χ4n) is 3.18. The van der Waals surface area contributed by atoms with Gasteiger partial charge in [0, 0.05) is 19.1 Å². The maximum atomic E-state index is 12.4. The minimum Gasteiger partial charge on any atom is -0.322 e. The van der Waals surface area contributed by atoms with Gasteiger partial charge in [0.25, 0.3) is 5.91 Å². The van der Waals surface area contributed by atoms with Crippen LogP contribution in [0, 0.1) is 0 Å². The number of carbonyl (C=O) groups is 2. The van der Waals surface area contributed by atoms with Gasteiger partial charge in [-0.05, 0) is 19.8 Å². The molecule has 2 heterocycles. The number of hydrogen-bond acceptors (Lipinski definition) is 10. The molecular formula is C13H26N8O7S. The van der Waals surface area contributed by atoms with Crippen LogP contribution in [0.1, 0.15) is 19.8 Å². The molecule has 0 aromatic heterocycles. The van der Waals surface area contributed by atoms with E-state index in [2.05, 4.69) is 20.2 Å². The number of nitrogens with one attached hydrogen (secondary N) is 2. The van der Waals surface area contributed by atoms with Gasteiger partial charge in [0.15, 0.2) is 0 Å². The van der Waals surface area contributed by atoms with Gasteiger partial charge in [-0.3, -0.25) is 19.2 Å². The maximum Gasteiger partial charge on any atom is 0.418 e. The first kappa shape index (κ1) is 23.0. The number of hydrazine groups is 1. The van der Waals surface area contributed by atoms with E-state index in [1.807, 2.05) is 0 Å². The Bertz CT molecular complexity index is 720. The fraction of sp³-hybridized carbons (Fsp3) is 0.769. The SMILES string of the molecule is CCN1C(=O)N(OS(=O)(=O)O)CC[C@H]1C(=O)NOC[C@@H]1C[C@H](N(N)/C=N\N)CN1. The Morgan fingerprint density at radius 2 is 2.28 bits per heavy atom. The van der Waals surface area contributed by atoms with Crippen LogP contribution in [0.3, 0.4) is 0 Å². The van der Waals surface area contributed by atoms with Gasteiger partial charge in [0.05, 0.1) is 19.2 Å². The molecule has 0 unspecified atom stereocenters. The lowest BCUT2D eigenvalue weighted by atomic mass is 10.1. The van der Waals surface area contributed by atoms with E-state index in [0.29, 0.717) is 18.0 Å². The number of likely N-dealkylation sites (N-methyl/N-ethyl adjacent to an activating group) is 1. The predicted molar refractivity (Wildman–Crippen MR) is 98.5 cm³/mol. The number of hydrazone groups is 1. The average molecular weight is 438 g/mol. The van der Waals surface area contributed by atoms with Crippen LogP contribution in [0.2, 0.25) is 0 Å². The second kappa shape index (κ2) is 9.99. The summed E-state index contributed by atoms with van der Waals surface area (Å²) in [6.07, 6.45) is 2.03. The summed E-state index contributed by atoms with van der Waals surface area (Å²) in [5.41, 5.74) is 2.31. The first-order valence-electron chi connectivity index (χ1n) is 8.82. The second-order valence-corrected chi connectivity index (χ2v) is 7.47. The molecule has 0 radical (unpaired) electrons. The Labute approximate surface area is 167 Å². The highest BCUT2D eigenvalue weighted by Crippen LogP contribution is 2.18. The summed E-state index contributed by atoms with van der Waals surface area (Å²) in [4.78, 5) is 31.0. The van der Waals surface area contributed by atoms with Crippen LogP contribution < -0.4 is 22.5 Å². The topological polar surface area (TPSA) is 205 Å². The summed E-state index contributed by atoms with van der Waals surface area (Å²) in [5, 5.41) is 8.41. The molecule has 0 saturated carbocycles. The van der Waals surface area contributed by atoms with Gasteiger partial charge in [0.1, 0.15) is 12.4 Å². The van der Waals surface area contributed by atoms with Crippen LogP contribution in [-0.4, -0.2) is 90.6 Å². The summed E-state index contributed by atoms with van der Waals surface area (Å²) < 4.78 is 34.6. The van der Waals surface area contributed by atoms with Gasteiger partial charge in [-0.25, -0.2) is 16.1 Å². The van der Waals surface area contributed by atoms with E-state index >= 15 is 0 Å². The molecule has 16 heteroatoms. The number of urea groups is 1. The molecular weight excluding hydrogens is 412 g/mol. The third-order valence-electron chi connectivity index (χ3n) is 4.55. The zero-order valence-electron chi connectivity index (χ0n) is 15.8. The number of hydrogen-bond donors (Lipinski definition) is 5. The lowest BCUT2D eigenvalue weighted by Crippen LogP contribution is -2.59. The molecule has 29 heavy (non-hydrogen) atoms. The summed E-state index contributed by atoms with van der Waals surface area (Å²) in [6, 6.07) is -1.82. The minimum atomic E-state index is -4.85. The van der Waals surface area contributed by atoms with Gasteiger partial charge < -0.3 is 16.1 Å². The normalized spacial score (nSPS) is 25.6. The number of nitrogens with zero attached hydrogens (tertiary/aromatic N) is 4. The minimum absolute atomic E-state index is 0.0214. The zero-order chi connectivity index (χ0) is 21.6. The Morgan fingerprint density at radius 3 is 2.90 bits per heavy atom. The Hall–Kier alpha value is -2.24. The smallest absolute Gasteiger partial charge is 0.322 e. The standard InChI is InChI=1S/C13H26N8O7S/c1-2-19-11(3-4-21(13(19)23)28-29(24,25)26)12(22)18-27-7-9-5-10(6-16-9)20(15)8-17-14/h8-11,16H,2-7,14-15H2,1H3,(H,18,22)(H,24,25,26)/b17-8-/t9-,10-,11-/m0/s1. The maximum absolute atomic E-state index is 12.4. The third kappa shape index (κ3) is 6.38. The highest BCUT2D eigenvalue weighted by Gasteiger charge is 2.39. The van der Waals surface area contributed by atoms with Crippen molar-refractivity contribution in [3.63, 3.8) is 0 Å². The molecule has 166 valence electrons. The van der Waals surface area contributed by atoms with Gasteiger partial charge in [-0.1, -0.05) is 0 Å². The van der Waals surface area contributed by atoms with E-state index in [4.69, 9.17) is 21.1 Å². The molecule has 2 fully saturated rings. The van der Waals surface area contributed by atoms with Crippen LogP contribution in [0.15, 0.2) is 5.10 Å². The quantitative estimate of drug-likeness (QED) is 0.0811. The van der Waals surface area contributed by atoms with Crippen molar-refractivity contribution in [3.05, 3.63) is 0 Å². The predicted octanol–water partition coefficient (Wildman–Crippen LogP) is -2.91. The molecule has 0 bridgehead atoms. The highest BCUT2D eigenvalue weighted by molar-refractivity contribution is 7.80. The lowest BCUT2D eigenvalue weighted by molar-refractivity contribution is -0.142. The van der Waals surface area contributed by atoms with Gasteiger partial charge >= 0.3 is 16.4 Å². The van der Waals surface area contributed by atoms with Gasteiger partial charge in [-0.2, -0.15) is 18.6 Å². The van der Waals surface area contributed by atoms with Crippen molar-refractivity contribution in [2.45, 2.75) is 37.9 Å². The second-order valence-electron chi connectivity index (χ2n) is 6.46. The van der Waals surface area contributed by atoms with Crippen LogP contribution in [0.5, 0.6) is 0 Å². The van der Waals surface area contributed by atoms with Crippen molar-refractivity contribution in [2.24, 2.45) is 16.8 Å². The van der Waals surface area contributed by atoms with Crippen LogP contribution in [0.25, 0.3) is 0 Å². The number of nitrogens with two attached hydrogens (primary N) is 2. The number of hydroxylamine groups is 3. The van der Waals surface area contributed by atoms with E-state index in [9.17, 15) is 18.0 Å². The van der Waals surface area contributed by atoms with E-state index in [0.717, 1.165) is 4.90 Å². The average Bonchev–Trinajstić information content (AvgIpc) is 3.11. The number of rotatable bonds is 9. The summed E-state index contributed by atoms with van der Waals surface area (Å²) in [5.74, 6) is 10.3. The molecule has 7 N–H and O–H groups in total. The van der Waals surface area contributed by atoms with Crippen LogP contribution in [-0.2, 0) is 24.3 Å². The molecule has 0 aliphatic carbocycles. The van der Waals surface area contributed by atoms with Crippen LogP contribution in [0.4, 0.5) is 4.79 Å². The van der Waals surface area contributed by atoms with E-state index in [-0.39, 0.29) is 38.2 Å². The lowest BCUT2D eigenvalue weighted by Gasteiger charge is -2.38. The molecule has 0 aromatic carbocycles. The number of carbonyl (C=O) groups excluding carboxylic acids is 2. The van der Waals surface area contributed by atoms with Crippen molar-refractivity contribution in [2.75, 3.05) is 26.2 Å². The molecule has 2 rings (SSSR count). The van der Waals surface area contributed by atoms with Gasteiger partial charge in [0.2, 0.25) is 0 Å². The Balaban J connectivity index is 1.81. The molecule has 3 amide bonds. The molecule has 0 spiro atoms. The zero-order valence-corrected chi connectivity index (χ0v) is 16.6. The summed E-state index contributed by atoms with van der Waals surface area (Å²) >= 11 is 0. The van der Waals surface area contributed by atoms with Crippen LogP contribution >= 0.6 is 0 Å².